The lowest BCUT2D eigenvalue weighted by Gasteiger charge is -2.06. The molecule has 0 bridgehead atoms. The SMILES string of the molecule is CCCCCC(O)C/C=C/CCC(=O)O. The summed E-state index contributed by atoms with van der Waals surface area (Å²) in [6.07, 6.45) is 9.05. The quantitative estimate of drug-likeness (QED) is 0.458. The first kappa shape index (κ1) is 14.2. The van der Waals surface area contributed by atoms with Crippen LogP contribution in [0.5, 0.6) is 0 Å². The number of carbonyl (C=O) groups is 1. The van der Waals surface area contributed by atoms with Crippen molar-refractivity contribution in [3.8, 4) is 0 Å². The number of hydrogen-bond donors (Lipinski definition) is 2. The normalized spacial score (nSPS) is 13.2. The van der Waals surface area contributed by atoms with Gasteiger partial charge >= 0.3 is 5.97 Å². The van der Waals surface area contributed by atoms with E-state index in [4.69, 9.17) is 5.11 Å². The summed E-state index contributed by atoms with van der Waals surface area (Å²) in [4.78, 5) is 10.2. The molecule has 0 radical (unpaired) electrons. The molecule has 1 atom stereocenters. The molecule has 15 heavy (non-hydrogen) atoms. The minimum Gasteiger partial charge on any atom is -0.481 e. The molecule has 88 valence electrons. The zero-order chi connectivity index (χ0) is 11.5. The fraction of sp³-hybridized carbons (Fsp3) is 0.750. The topological polar surface area (TPSA) is 57.5 Å². The Hall–Kier alpha value is -0.830. The van der Waals surface area contributed by atoms with Crippen molar-refractivity contribution in [1.29, 1.82) is 0 Å². The number of aliphatic hydroxyl groups excluding tert-OH is 1. The summed E-state index contributed by atoms with van der Waals surface area (Å²) < 4.78 is 0. The first-order valence-electron chi connectivity index (χ1n) is 5.71. The molecular formula is C12H22O3. The van der Waals surface area contributed by atoms with E-state index in [-0.39, 0.29) is 12.5 Å². The molecule has 0 heterocycles. The highest BCUT2D eigenvalue weighted by molar-refractivity contribution is 5.66. The number of unbranched alkanes of at least 4 members (excludes halogenated alkanes) is 2. The van der Waals surface area contributed by atoms with Crippen LogP contribution in [0, 0.1) is 0 Å². The molecule has 2 N–H and O–H groups in total. The highest BCUT2D eigenvalue weighted by Gasteiger charge is 2.00. The number of carboxylic acid groups (broad SMARTS) is 1. The standard InChI is InChI=1S/C12H22O3/c1-2-3-5-8-11(13)9-6-4-7-10-12(14)15/h4,6,11,13H,2-3,5,7-10H2,1H3,(H,14,15)/b6-4+. The molecule has 0 fully saturated rings. The summed E-state index contributed by atoms with van der Waals surface area (Å²) in [5.74, 6) is -0.775. The van der Waals surface area contributed by atoms with Crippen molar-refractivity contribution in [3.05, 3.63) is 12.2 Å². The maximum atomic E-state index is 10.2. The summed E-state index contributed by atoms with van der Waals surface area (Å²) >= 11 is 0. The summed E-state index contributed by atoms with van der Waals surface area (Å²) in [6, 6.07) is 0. The third-order valence-corrected chi connectivity index (χ3v) is 2.24. The van der Waals surface area contributed by atoms with Gasteiger partial charge in [0, 0.05) is 6.42 Å². The van der Waals surface area contributed by atoms with Gasteiger partial charge in [0.05, 0.1) is 6.10 Å². The van der Waals surface area contributed by atoms with Gasteiger partial charge in [0.2, 0.25) is 0 Å². The van der Waals surface area contributed by atoms with Crippen molar-refractivity contribution < 1.29 is 15.0 Å². The van der Waals surface area contributed by atoms with Crippen LogP contribution in [0.1, 0.15) is 51.9 Å². The van der Waals surface area contributed by atoms with E-state index >= 15 is 0 Å². The lowest BCUT2D eigenvalue weighted by Crippen LogP contribution is -2.04. The van der Waals surface area contributed by atoms with Gasteiger partial charge in [-0.25, -0.2) is 0 Å². The molecule has 0 aromatic heterocycles. The van der Waals surface area contributed by atoms with Crippen LogP contribution in [-0.2, 0) is 4.79 Å². The molecule has 0 amide bonds. The van der Waals surface area contributed by atoms with Crippen molar-refractivity contribution in [2.45, 2.75) is 58.0 Å². The van der Waals surface area contributed by atoms with Crippen LogP contribution in [0.15, 0.2) is 12.2 Å². The minimum atomic E-state index is -0.775. The van der Waals surface area contributed by atoms with Crippen LogP contribution in [0.25, 0.3) is 0 Å². The smallest absolute Gasteiger partial charge is 0.303 e. The largest absolute Gasteiger partial charge is 0.481 e. The van der Waals surface area contributed by atoms with Crippen molar-refractivity contribution in [3.63, 3.8) is 0 Å². The van der Waals surface area contributed by atoms with E-state index in [0.717, 1.165) is 12.8 Å². The number of rotatable bonds is 9. The van der Waals surface area contributed by atoms with Crippen LogP contribution in [0.4, 0.5) is 0 Å². The van der Waals surface area contributed by atoms with Crippen molar-refractivity contribution in [1.82, 2.24) is 0 Å². The van der Waals surface area contributed by atoms with Crippen molar-refractivity contribution in [2.75, 3.05) is 0 Å². The van der Waals surface area contributed by atoms with Gasteiger partial charge < -0.3 is 10.2 Å². The summed E-state index contributed by atoms with van der Waals surface area (Å²) in [5.41, 5.74) is 0. The van der Waals surface area contributed by atoms with E-state index < -0.39 is 5.97 Å². The zero-order valence-corrected chi connectivity index (χ0v) is 9.48. The fourth-order valence-electron chi connectivity index (χ4n) is 1.33. The zero-order valence-electron chi connectivity index (χ0n) is 9.48. The molecule has 0 aliphatic heterocycles. The van der Waals surface area contributed by atoms with Gasteiger partial charge in [-0.15, -0.1) is 0 Å². The van der Waals surface area contributed by atoms with Gasteiger partial charge in [0.1, 0.15) is 0 Å². The Labute approximate surface area is 91.8 Å². The molecule has 3 heteroatoms. The number of aliphatic carboxylic acids is 1. The Morgan fingerprint density at radius 1 is 1.33 bits per heavy atom. The molecular weight excluding hydrogens is 192 g/mol. The third-order valence-electron chi connectivity index (χ3n) is 2.24. The van der Waals surface area contributed by atoms with Crippen LogP contribution in [-0.4, -0.2) is 22.3 Å². The fourth-order valence-corrected chi connectivity index (χ4v) is 1.33. The molecule has 0 aliphatic rings. The second-order valence-corrected chi connectivity index (χ2v) is 3.79. The van der Waals surface area contributed by atoms with E-state index in [1.54, 1.807) is 0 Å². The summed E-state index contributed by atoms with van der Waals surface area (Å²) in [6.45, 7) is 2.14. The predicted octanol–water partition coefficient (Wildman–Crippen LogP) is 2.74. The minimum absolute atomic E-state index is 0.169. The van der Waals surface area contributed by atoms with Gasteiger partial charge in [-0.1, -0.05) is 38.3 Å². The second-order valence-electron chi connectivity index (χ2n) is 3.79. The predicted molar refractivity (Wildman–Crippen MR) is 60.8 cm³/mol. The third kappa shape index (κ3) is 11.1. The Morgan fingerprint density at radius 3 is 2.67 bits per heavy atom. The van der Waals surface area contributed by atoms with E-state index in [2.05, 4.69) is 6.92 Å². The second kappa shape index (κ2) is 9.71. The average molecular weight is 214 g/mol. The highest BCUT2D eigenvalue weighted by atomic mass is 16.4. The lowest BCUT2D eigenvalue weighted by molar-refractivity contribution is -0.136. The Bertz CT molecular complexity index is 187. The van der Waals surface area contributed by atoms with Crippen molar-refractivity contribution in [2.24, 2.45) is 0 Å². The monoisotopic (exact) mass is 214 g/mol. The summed E-state index contributed by atoms with van der Waals surface area (Å²) in [7, 11) is 0. The van der Waals surface area contributed by atoms with Gasteiger partial charge in [-0.3, -0.25) is 4.79 Å². The molecule has 0 saturated heterocycles. The lowest BCUT2D eigenvalue weighted by atomic mass is 10.1. The number of allylic oxidation sites excluding steroid dienone is 1. The highest BCUT2D eigenvalue weighted by Crippen LogP contribution is 2.07. The van der Waals surface area contributed by atoms with E-state index in [1.807, 2.05) is 12.2 Å². The first-order valence-corrected chi connectivity index (χ1v) is 5.71. The number of aliphatic hydroxyl groups is 1. The van der Waals surface area contributed by atoms with Crippen LogP contribution >= 0.6 is 0 Å². The first-order chi connectivity index (χ1) is 7.16. The Balaban J connectivity index is 3.36. The van der Waals surface area contributed by atoms with E-state index in [0.29, 0.717) is 12.8 Å². The van der Waals surface area contributed by atoms with Gasteiger partial charge in [-0.05, 0) is 19.3 Å². The average Bonchev–Trinajstić information content (AvgIpc) is 2.17. The van der Waals surface area contributed by atoms with Gasteiger partial charge in [0.25, 0.3) is 0 Å². The molecule has 0 aliphatic carbocycles. The maximum Gasteiger partial charge on any atom is 0.303 e. The molecule has 0 saturated carbocycles. The van der Waals surface area contributed by atoms with E-state index in [1.165, 1.54) is 12.8 Å². The van der Waals surface area contributed by atoms with Crippen LogP contribution in [0.3, 0.4) is 0 Å². The van der Waals surface area contributed by atoms with Gasteiger partial charge in [-0.2, -0.15) is 0 Å². The number of hydrogen-bond acceptors (Lipinski definition) is 2. The molecule has 0 aromatic rings. The molecule has 0 spiro atoms. The van der Waals surface area contributed by atoms with Crippen molar-refractivity contribution >= 4 is 5.97 Å². The number of carboxylic acids is 1. The van der Waals surface area contributed by atoms with Crippen LogP contribution in [0.2, 0.25) is 0 Å². The summed E-state index contributed by atoms with van der Waals surface area (Å²) in [5, 5.41) is 17.9. The Kier molecular flexibility index (Phi) is 9.18. The van der Waals surface area contributed by atoms with Gasteiger partial charge in [0.15, 0.2) is 0 Å². The van der Waals surface area contributed by atoms with Crippen LogP contribution < -0.4 is 0 Å². The maximum absolute atomic E-state index is 10.2. The molecule has 0 aromatic carbocycles. The molecule has 1 unspecified atom stereocenters. The molecule has 0 rings (SSSR count). The Morgan fingerprint density at radius 2 is 2.07 bits per heavy atom. The molecule has 3 nitrogen and oxygen atoms in total. The van der Waals surface area contributed by atoms with E-state index in [9.17, 15) is 9.90 Å².